The van der Waals surface area contributed by atoms with Crippen molar-refractivity contribution < 1.29 is 14.6 Å². The average Bonchev–Trinajstić information content (AvgIpc) is 3.18. The zero-order valence-corrected chi connectivity index (χ0v) is 14.3. The molecule has 0 bridgehead atoms. The van der Waals surface area contributed by atoms with E-state index in [-0.39, 0.29) is 11.7 Å². The van der Waals surface area contributed by atoms with Crippen LogP contribution in [0.15, 0.2) is 6.20 Å². The zero-order chi connectivity index (χ0) is 15.7. The molecule has 0 unspecified atom stereocenters. The highest BCUT2D eigenvalue weighted by Crippen LogP contribution is 2.36. The molecule has 1 aromatic heterocycles. The number of piperidine rings is 1. The normalized spacial score (nSPS) is 28.6. The molecular weight excluding hydrogens is 314 g/mol. The predicted octanol–water partition coefficient (Wildman–Crippen LogP) is 1.10. The SMILES string of the molecule is O[C@H]1COC2(CCN(Cc3cnc(N4CCOCC4)s3)CC2)C1. The molecule has 0 aliphatic carbocycles. The lowest BCUT2D eigenvalue weighted by atomic mass is 9.88. The second-order valence-corrected chi connectivity index (χ2v) is 7.93. The molecule has 128 valence electrons. The van der Waals surface area contributed by atoms with Gasteiger partial charge in [-0.25, -0.2) is 4.98 Å². The van der Waals surface area contributed by atoms with Gasteiger partial charge in [-0.3, -0.25) is 4.90 Å². The minimum absolute atomic E-state index is 0.0530. The number of aliphatic hydroxyl groups is 1. The Hall–Kier alpha value is -0.730. The van der Waals surface area contributed by atoms with Crippen molar-refractivity contribution in [2.75, 3.05) is 50.9 Å². The topological polar surface area (TPSA) is 58.1 Å². The van der Waals surface area contributed by atoms with Crippen molar-refractivity contribution in [2.24, 2.45) is 0 Å². The van der Waals surface area contributed by atoms with Gasteiger partial charge >= 0.3 is 0 Å². The van der Waals surface area contributed by atoms with Crippen LogP contribution >= 0.6 is 11.3 Å². The molecule has 1 aromatic rings. The van der Waals surface area contributed by atoms with Crippen molar-refractivity contribution in [3.05, 3.63) is 11.1 Å². The van der Waals surface area contributed by atoms with E-state index in [1.807, 2.05) is 6.20 Å². The minimum atomic E-state index is -0.265. The molecule has 4 rings (SSSR count). The van der Waals surface area contributed by atoms with Gasteiger partial charge in [0.05, 0.1) is 31.5 Å². The standard InChI is InChI=1S/C16H25N3O3S/c20-13-9-16(22-12-13)1-3-18(4-2-16)11-14-10-17-15(23-14)19-5-7-21-8-6-19/h10,13,20H,1-9,11-12H2/t13-/m1/s1. The first kappa shape index (κ1) is 15.8. The zero-order valence-electron chi connectivity index (χ0n) is 13.4. The van der Waals surface area contributed by atoms with Gasteiger partial charge in [-0.15, -0.1) is 11.3 Å². The molecule has 3 aliphatic rings. The predicted molar refractivity (Wildman–Crippen MR) is 89.0 cm³/mol. The summed E-state index contributed by atoms with van der Waals surface area (Å²) in [4.78, 5) is 10.7. The Morgan fingerprint density at radius 3 is 2.74 bits per heavy atom. The fraction of sp³-hybridized carbons (Fsp3) is 0.812. The van der Waals surface area contributed by atoms with Crippen LogP contribution in [0.1, 0.15) is 24.1 Å². The number of morpholine rings is 1. The molecule has 3 fully saturated rings. The first-order valence-corrected chi connectivity index (χ1v) is 9.36. The van der Waals surface area contributed by atoms with Crippen LogP contribution in [0.3, 0.4) is 0 Å². The summed E-state index contributed by atoms with van der Waals surface area (Å²) in [5, 5.41) is 10.8. The van der Waals surface area contributed by atoms with Crippen LogP contribution in [-0.4, -0.2) is 72.7 Å². The molecule has 1 N–H and O–H groups in total. The largest absolute Gasteiger partial charge is 0.391 e. The molecule has 6 nitrogen and oxygen atoms in total. The minimum Gasteiger partial charge on any atom is -0.391 e. The lowest BCUT2D eigenvalue weighted by Gasteiger charge is -2.38. The van der Waals surface area contributed by atoms with E-state index in [2.05, 4.69) is 14.8 Å². The van der Waals surface area contributed by atoms with Crippen molar-refractivity contribution >= 4 is 16.5 Å². The molecule has 1 atom stereocenters. The van der Waals surface area contributed by atoms with Crippen LogP contribution in [0.2, 0.25) is 0 Å². The van der Waals surface area contributed by atoms with E-state index in [4.69, 9.17) is 9.47 Å². The Bertz CT molecular complexity index is 524. The fourth-order valence-electron chi connectivity index (χ4n) is 3.78. The Morgan fingerprint density at radius 2 is 2.04 bits per heavy atom. The molecule has 23 heavy (non-hydrogen) atoms. The number of thiazole rings is 1. The summed E-state index contributed by atoms with van der Waals surface area (Å²) in [6.07, 6.45) is 4.62. The number of hydrogen-bond donors (Lipinski definition) is 1. The van der Waals surface area contributed by atoms with Gasteiger partial charge in [0.2, 0.25) is 0 Å². The van der Waals surface area contributed by atoms with Gasteiger partial charge in [0.15, 0.2) is 5.13 Å². The van der Waals surface area contributed by atoms with E-state index >= 15 is 0 Å². The van der Waals surface area contributed by atoms with Gasteiger partial charge in [-0.2, -0.15) is 0 Å². The monoisotopic (exact) mass is 339 g/mol. The van der Waals surface area contributed by atoms with Crippen LogP contribution in [0.5, 0.6) is 0 Å². The van der Waals surface area contributed by atoms with Gasteiger partial charge in [-0.1, -0.05) is 0 Å². The van der Waals surface area contributed by atoms with E-state index in [0.29, 0.717) is 6.61 Å². The molecule has 1 spiro atoms. The highest BCUT2D eigenvalue weighted by atomic mass is 32.1. The van der Waals surface area contributed by atoms with Crippen molar-refractivity contribution in [2.45, 2.75) is 37.5 Å². The number of aliphatic hydroxyl groups excluding tert-OH is 1. The third kappa shape index (κ3) is 3.53. The number of likely N-dealkylation sites (tertiary alicyclic amines) is 1. The highest BCUT2D eigenvalue weighted by Gasteiger charge is 2.42. The molecule has 0 saturated carbocycles. The molecule has 0 radical (unpaired) electrons. The fourth-order valence-corrected chi connectivity index (χ4v) is 4.78. The van der Waals surface area contributed by atoms with Crippen molar-refractivity contribution in [3.8, 4) is 0 Å². The molecule has 0 aromatic carbocycles. The summed E-state index contributed by atoms with van der Waals surface area (Å²) in [5.74, 6) is 0. The second kappa shape index (κ2) is 6.64. The maximum atomic E-state index is 9.72. The number of nitrogens with zero attached hydrogens (tertiary/aromatic N) is 3. The van der Waals surface area contributed by atoms with Crippen molar-refractivity contribution in [1.29, 1.82) is 0 Å². The van der Waals surface area contributed by atoms with Crippen LogP contribution in [0, 0.1) is 0 Å². The second-order valence-electron chi connectivity index (χ2n) is 6.84. The third-order valence-corrected chi connectivity index (χ3v) is 6.20. The Balaban J connectivity index is 1.30. The van der Waals surface area contributed by atoms with E-state index < -0.39 is 0 Å². The summed E-state index contributed by atoms with van der Waals surface area (Å²) in [6.45, 7) is 7.05. The summed E-state index contributed by atoms with van der Waals surface area (Å²) in [5.41, 5.74) is -0.0530. The summed E-state index contributed by atoms with van der Waals surface area (Å²) >= 11 is 1.80. The molecule has 0 amide bonds. The molecular formula is C16H25N3O3S. The number of aromatic nitrogens is 1. The van der Waals surface area contributed by atoms with Crippen molar-refractivity contribution in [1.82, 2.24) is 9.88 Å². The quantitative estimate of drug-likeness (QED) is 0.890. The smallest absolute Gasteiger partial charge is 0.185 e. The number of rotatable bonds is 3. The Kier molecular flexibility index (Phi) is 4.56. The maximum absolute atomic E-state index is 9.72. The van der Waals surface area contributed by atoms with Gasteiger partial charge in [0.1, 0.15) is 0 Å². The highest BCUT2D eigenvalue weighted by molar-refractivity contribution is 7.15. The van der Waals surface area contributed by atoms with Gasteiger partial charge in [0.25, 0.3) is 0 Å². The lowest BCUT2D eigenvalue weighted by molar-refractivity contribution is -0.0455. The number of hydrogen-bond acceptors (Lipinski definition) is 7. The van der Waals surface area contributed by atoms with Gasteiger partial charge in [0, 0.05) is 50.2 Å². The molecule has 4 heterocycles. The van der Waals surface area contributed by atoms with E-state index in [1.165, 1.54) is 4.88 Å². The Labute approximate surface area is 141 Å². The van der Waals surface area contributed by atoms with Crippen LogP contribution < -0.4 is 4.90 Å². The van der Waals surface area contributed by atoms with E-state index in [0.717, 1.165) is 70.3 Å². The number of ether oxygens (including phenoxy) is 2. The summed E-state index contributed by atoms with van der Waals surface area (Å²) in [6, 6.07) is 0. The average molecular weight is 339 g/mol. The molecule has 7 heteroatoms. The first-order valence-electron chi connectivity index (χ1n) is 8.54. The van der Waals surface area contributed by atoms with Crippen molar-refractivity contribution in [3.63, 3.8) is 0 Å². The molecule has 3 aliphatic heterocycles. The van der Waals surface area contributed by atoms with Crippen LogP contribution in [0.25, 0.3) is 0 Å². The van der Waals surface area contributed by atoms with E-state index in [1.54, 1.807) is 11.3 Å². The van der Waals surface area contributed by atoms with Gasteiger partial charge in [-0.05, 0) is 12.8 Å². The summed E-state index contributed by atoms with van der Waals surface area (Å²) in [7, 11) is 0. The maximum Gasteiger partial charge on any atom is 0.185 e. The van der Waals surface area contributed by atoms with Crippen LogP contribution in [0.4, 0.5) is 5.13 Å². The summed E-state index contributed by atoms with van der Waals surface area (Å²) < 4.78 is 11.3. The van der Waals surface area contributed by atoms with E-state index in [9.17, 15) is 5.11 Å². The third-order valence-electron chi connectivity index (χ3n) is 5.16. The van der Waals surface area contributed by atoms with Crippen LogP contribution in [-0.2, 0) is 16.0 Å². The number of anilines is 1. The van der Waals surface area contributed by atoms with Gasteiger partial charge < -0.3 is 19.5 Å². The first-order chi connectivity index (χ1) is 11.2. The Morgan fingerprint density at radius 1 is 1.26 bits per heavy atom. The lowest BCUT2D eigenvalue weighted by Crippen LogP contribution is -2.43. The molecule has 3 saturated heterocycles.